The Kier molecular flexibility index (Phi) is 3.92. The van der Waals surface area contributed by atoms with E-state index in [9.17, 15) is 0 Å². The van der Waals surface area contributed by atoms with Gasteiger partial charge in [-0.1, -0.05) is 19.8 Å². The van der Waals surface area contributed by atoms with Gasteiger partial charge in [-0.2, -0.15) is 0 Å². The molecule has 1 saturated carbocycles. The first-order valence-electron chi connectivity index (χ1n) is 7.69. The van der Waals surface area contributed by atoms with E-state index in [1.807, 2.05) is 0 Å². The summed E-state index contributed by atoms with van der Waals surface area (Å²) in [5, 5.41) is 4.59. The summed E-state index contributed by atoms with van der Waals surface area (Å²) in [5.41, 5.74) is 0. The topological polar surface area (TPSA) is 37.8 Å². The highest BCUT2D eigenvalue weighted by Gasteiger charge is 2.23. The summed E-state index contributed by atoms with van der Waals surface area (Å²) in [6, 6.07) is 2.20. The Morgan fingerprint density at radius 1 is 1.25 bits per heavy atom. The van der Waals surface area contributed by atoms with Crippen molar-refractivity contribution in [2.75, 3.05) is 11.9 Å². The predicted octanol–water partition coefficient (Wildman–Crippen LogP) is 4.73. The molecule has 2 aromatic heterocycles. The molecule has 0 unspecified atom stereocenters. The minimum absolute atomic E-state index is 0.551. The van der Waals surface area contributed by atoms with Gasteiger partial charge in [0.2, 0.25) is 0 Å². The van der Waals surface area contributed by atoms with Crippen LogP contribution in [0.2, 0.25) is 0 Å². The third-order valence-corrected chi connectivity index (χ3v) is 5.20. The van der Waals surface area contributed by atoms with Crippen molar-refractivity contribution in [2.24, 2.45) is 5.92 Å². The number of nitrogens with one attached hydrogen (secondary N) is 1. The summed E-state index contributed by atoms with van der Waals surface area (Å²) in [6.07, 6.45) is 5.10. The quantitative estimate of drug-likeness (QED) is 0.888. The van der Waals surface area contributed by atoms with Gasteiger partial charge < -0.3 is 5.32 Å². The monoisotopic (exact) mass is 289 g/mol. The molecule has 0 saturated heterocycles. The van der Waals surface area contributed by atoms with Crippen LogP contribution in [-0.2, 0) is 0 Å². The number of rotatable bonds is 3. The van der Waals surface area contributed by atoms with Crippen LogP contribution in [0.25, 0.3) is 10.2 Å². The van der Waals surface area contributed by atoms with Crippen LogP contribution in [-0.4, -0.2) is 16.5 Å². The SMILES string of the molecule is CCNc1nc(C2CCC(C)CC2)nc2sc(C)cc12. The zero-order valence-electron chi connectivity index (χ0n) is 12.6. The van der Waals surface area contributed by atoms with E-state index in [-0.39, 0.29) is 0 Å². The molecule has 3 nitrogen and oxygen atoms in total. The molecular weight excluding hydrogens is 266 g/mol. The van der Waals surface area contributed by atoms with E-state index >= 15 is 0 Å². The molecule has 3 rings (SSSR count). The molecule has 0 radical (unpaired) electrons. The lowest BCUT2D eigenvalue weighted by molar-refractivity contribution is 0.340. The average Bonchev–Trinajstić information content (AvgIpc) is 2.80. The Hall–Kier alpha value is -1.16. The maximum absolute atomic E-state index is 4.86. The number of anilines is 1. The van der Waals surface area contributed by atoms with Gasteiger partial charge in [0, 0.05) is 17.3 Å². The van der Waals surface area contributed by atoms with Crippen molar-refractivity contribution < 1.29 is 0 Å². The normalized spacial score (nSPS) is 23.1. The first-order chi connectivity index (χ1) is 9.67. The lowest BCUT2D eigenvalue weighted by atomic mass is 9.82. The first-order valence-corrected chi connectivity index (χ1v) is 8.51. The number of hydrogen-bond donors (Lipinski definition) is 1. The van der Waals surface area contributed by atoms with Gasteiger partial charge in [-0.3, -0.25) is 0 Å². The van der Waals surface area contributed by atoms with E-state index in [4.69, 9.17) is 9.97 Å². The number of aryl methyl sites for hydroxylation is 1. The van der Waals surface area contributed by atoms with Crippen LogP contribution in [0.1, 0.15) is 56.2 Å². The Morgan fingerprint density at radius 2 is 2.00 bits per heavy atom. The Bertz CT molecular complexity index is 597. The second kappa shape index (κ2) is 5.68. The summed E-state index contributed by atoms with van der Waals surface area (Å²) in [6.45, 7) is 7.52. The van der Waals surface area contributed by atoms with Gasteiger partial charge >= 0.3 is 0 Å². The van der Waals surface area contributed by atoms with E-state index in [0.29, 0.717) is 5.92 Å². The van der Waals surface area contributed by atoms with Crippen LogP contribution >= 0.6 is 11.3 Å². The molecule has 2 aromatic rings. The number of fused-ring (bicyclic) bond motifs is 1. The number of thiophene rings is 1. The molecule has 0 aliphatic heterocycles. The number of aromatic nitrogens is 2. The maximum atomic E-state index is 4.86. The zero-order chi connectivity index (χ0) is 14.1. The lowest BCUT2D eigenvalue weighted by Gasteiger charge is -2.25. The van der Waals surface area contributed by atoms with Crippen molar-refractivity contribution in [1.29, 1.82) is 0 Å². The summed E-state index contributed by atoms with van der Waals surface area (Å²) in [7, 11) is 0. The molecule has 1 aliphatic carbocycles. The first kappa shape index (κ1) is 13.8. The van der Waals surface area contributed by atoms with Crippen LogP contribution in [0.5, 0.6) is 0 Å². The molecule has 4 heteroatoms. The molecule has 0 spiro atoms. The van der Waals surface area contributed by atoms with Gasteiger partial charge in [0.25, 0.3) is 0 Å². The third kappa shape index (κ3) is 2.66. The highest BCUT2D eigenvalue weighted by Crippen LogP contribution is 2.36. The van der Waals surface area contributed by atoms with E-state index in [1.165, 1.54) is 35.9 Å². The molecule has 0 amide bonds. The minimum Gasteiger partial charge on any atom is -0.370 e. The Labute approximate surface area is 124 Å². The Balaban J connectivity index is 1.98. The van der Waals surface area contributed by atoms with Crippen LogP contribution in [0.3, 0.4) is 0 Å². The lowest BCUT2D eigenvalue weighted by Crippen LogP contribution is -2.14. The fourth-order valence-electron chi connectivity index (χ4n) is 3.06. The molecule has 108 valence electrons. The van der Waals surface area contributed by atoms with Crippen molar-refractivity contribution in [3.05, 3.63) is 16.8 Å². The van der Waals surface area contributed by atoms with Gasteiger partial charge in [0.05, 0.1) is 5.39 Å². The molecular formula is C16H23N3S. The summed E-state index contributed by atoms with van der Waals surface area (Å²) in [4.78, 5) is 12.1. The predicted molar refractivity (Wildman–Crippen MR) is 86.7 cm³/mol. The molecule has 1 aliphatic rings. The number of nitrogens with zero attached hydrogens (tertiary/aromatic N) is 2. The fraction of sp³-hybridized carbons (Fsp3) is 0.625. The van der Waals surface area contributed by atoms with Crippen LogP contribution in [0.4, 0.5) is 5.82 Å². The van der Waals surface area contributed by atoms with Crippen LogP contribution in [0, 0.1) is 12.8 Å². The second-order valence-corrected chi connectivity index (χ2v) is 7.23. The molecule has 1 N–H and O–H groups in total. The van der Waals surface area contributed by atoms with Crippen LogP contribution in [0.15, 0.2) is 6.07 Å². The van der Waals surface area contributed by atoms with Gasteiger partial charge in [-0.15, -0.1) is 11.3 Å². The highest BCUT2D eigenvalue weighted by atomic mass is 32.1. The summed E-state index contributed by atoms with van der Waals surface area (Å²) >= 11 is 1.78. The molecule has 2 heterocycles. The molecule has 0 atom stereocenters. The molecule has 1 fully saturated rings. The van der Waals surface area contributed by atoms with Crippen molar-refractivity contribution in [3.63, 3.8) is 0 Å². The van der Waals surface area contributed by atoms with E-state index in [2.05, 4.69) is 32.2 Å². The maximum Gasteiger partial charge on any atom is 0.138 e. The van der Waals surface area contributed by atoms with Gasteiger partial charge in [0.15, 0.2) is 0 Å². The van der Waals surface area contributed by atoms with Crippen molar-refractivity contribution >= 4 is 27.4 Å². The smallest absolute Gasteiger partial charge is 0.138 e. The Morgan fingerprint density at radius 3 is 2.70 bits per heavy atom. The minimum atomic E-state index is 0.551. The highest BCUT2D eigenvalue weighted by molar-refractivity contribution is 7.18. The number of hydrogen-bond acceptors (Lipinski definition) is 4. The average molecular weight is 289 g/mol. The van der Waals surface area contributed by atoms with Crippen molar-refractivity contribution in [2.45, 2.75) is 52.4 Å². The van der Waals surface area contributed by atoms with E-state index in [0.717, 1.165) is 28.9 Å². The van der Waals surface area contributed by atoms with Crippen molar-refractivity contribution in [3.8, 4) is 0 Å². The van der Waals surface area contributed by atoms with Crippen LogP contribution < -0.4 is 5.32 Å². The summed E-state index contributed by atoms with van der Waals surface area (Å²) in [5.74, 6) is 3.50. The van der Waals surface area contributed by atoms with Gasteiger partial charge in [0.1, 0.15) is 16.5 Å². The fourth-order valence-corrected chi connectivity index (χ4v) is 3.95. The van der Waals surface area contributed by atoms with Crippen molar-refractivity contribution in [1.82, 2.24) is 9.97 Å². The summed E-state index contributed by atoms with van der Waals surface area (Å²) < 4.78 is 0. The van der Waals surface area contributed by atoms with Gasteiger partial charge in [-0.05, 0) is 38.7 Å². The standard InChI is InChI=1S/C16H23N3S/c1-4-17-15-13-9-11(3)20-16(13)19-14(18-15)12-7-5-10(2)6-8-12/h9-10,12H,4-8H2,1-3H3,(H,17,18,19). The second-order valence-electron chi connectivity index (χ2n) is 5.99. The third-order valence-electron chi connectivity index (χ3n) is 4.26. The molecule has 0 bridgehead atoms. The van der Waals surface area contributed by atoms with E-state index < -0.39 is 0 Å². The molecule has 0 aromatic carbocycles. The zero-order valence-corrected chi connectivity index (χ0v) is 13.4. The van der Waals surface area contributed by atoms with Gasteiger partial charge in [-0.25, -0.2) is 9.97 Å². The molecule has 20 heavy (non-hydrogen) atoms. The largest absolute Gasteiger partial charge is 0.370 e. The van der Waals surface area contributed by atoms with E-state index in [1.54, 1.807) is 11.3 Å².